The molecule has 0 amide bonds. The topological polar surface area (TPSA) is 22.1 Å². The first-order valence-electron chi connectivity index (χ1n) is 10.3. The smallest absolute Gasteiger partial charge is 0.252 e. The Hall–Kier alpha value is -3.85. The molecule has 4 aromatic carbocycles. The fourth-order valence-corrected chi connectivity index (χ4v) is 5.16. The molecule has 7 rings (SSSR count). The number of hydrogen-bond donors (Lipinski definition) is 0. The van der Waals surface area contributed by atoms with E-state index in [1.165, 1.54) is 38.3 Å². The van der Waals surface area contributed by atoms with Gasteiger partial charge >= 0.3 is 0 Å². The Labute approximate surface area is 174 Å². The van der Waals surface area contributed by atoms with E-state index < -0.39 is 0 Å². The largest absolute Gasteiger partial charge is 0.458 e. The quantitative estimate of drug-likeness (QED) is 0.391. The highest BCUT2D eigenvalue weighted by atomic mass is 16.5. The first-order valence-corrected chi connectivity index (χ1v) is 10.3. The van der Waals surface area contributed by atoms with Crippen molar-refractivity contribution < 1.29 is 4.74 Å². The van der Waals surface area contributed by atoms with Gasteiger partial charge in [-0.1, -0.05) is 66.1 Å². The number of hydrogen-bond acceptors (Lipinski definition) is 2. The van der Waals surface area contributed by atoms with E-state index in [4.69, 9.17) is 4.74 Å². The fourth-order valence-electron chi connectivity index (χ4n) is 5.16. The predicted octanol–water partition coefficient (Wildman–Crippen LogP) is 4.50. The summed E-state index contributed by atoms with van der Waals surface area (Å²) >= 11 is 0. The predicted molar refractivity (Wildman–Crippen MR) is 124 cm³/mol. The minimum atomic E-state index is 0.155. The molecular formula is C27H16BNO. The highest BCUT2D eigenvalue weighted by Crippen LogP contribution is 2.37. The minimum Gasteiger partial charge on any atom is -0.458 e. The van der Waals surface area contributed by atoms with Crippen LogP contribution < -0.4 is 21.1 Å². The molecule has 0 aliphatic carbocycles. The van der Waals surface area contributed by atoms with Crippen LogP contribution in [-0.4, -0.2) is 11.7 Å². The summed E-state index contributed by atoms with van der Waals surface area (Å²) in [5.41, 5.74) is 8.50. The number of ether oxygens (including phenoxy) is 1. The molecule has 0 bridgehead atoms. The van der Waals surface area contributed by atoms with Crippen molar-refractivity contribution in [2.24, 2.45) is 0 Å². The van der Waals surface area contributed by atoms with E-state index in [1.807, 2.05) is 18.3 Å². The lowest BCUT2D eigenvalue weighted by molar-refractivity contribution is 0.487. The summed E-state index contributed by atoms with van der Waals surface area (Å²) in [6, 6.07) is 32.2. The van der Waals surface area contributed by atoms with Crippen molar-refractivity contribution in [3.63, 3.8) is 0 Å². The maximum absolute atomic E-state index is 6.41. The van der Waals surface area contributed by atoms with E-state index in [-0.39, 0.29) is 6.71 Å². The van der Waals surface area contributed by atoms with Crippen molar-refractivity contribution in [1.29, 1.82) is 0 Å². The molecule has 1 aromatic heterocycles. The Kier molecular flexibility index (Phi) is 3.11. The molecule has 2 aliphatic rings. The molecule has 3 heteroatoms. The van der Waals surface area contributed by atoms with Crippen LogP contribution >= 0.6 is 0 Å². The molecule has 0 fully saturated rings. The second kappa shape index (κ2) is 5.83. The van der Waals surface area contributed by atoms with Gasteiger partial charge < -0.3 is 4.74 Å². The number of nitrogens with zero attached hydrogens (tertiary/aromatic N) is 1. The van der Waals surface area contributed by atoms with Crippen molar-refractivity contribution in [2.45, 2.75) is 0 Å². The van der Waals surface area contributed by atoms with Gasteiger partial charge in [0, 0.05) is 6.20 Å². The van der Waals surface area contributed by atoms with Crippen LogP contribution in [-0.2, 0) is 0 Å². The molecule has 30 heavy (non-hydrogen) atoms. The number of fused-ring (bicyclic) bond motifs is 4. The molecule has 0 saturated carbocycles. The second-order valence-electron chi connectivity index (χ2n) is 7.97. The molecule has 0 N–H and O–H groups in total. The van der Waals surface area contributed by atoms with Gasteiger partial charge in [-0.2, -0.15) is 0 Å². The Bertz CT molecular complexity index is 1470. The maximum atomic E-state index is 6.41. The van der Waals surface area contributed by atoms with Crippen molar-refractivity contribution in [2.75, 3.05) is 0 Å². The normalized spacial score (nSPS) is 12.9. The summed E-state index contributed by atoms with van der Waals surface area (Å²) in [7, 11) is 0. The van der Waals surface area contributed by atoms with Crippen LogP contribution in [0.5, 0.6) is 11.5 Å². The third kappa shape index (κ3) is 2.07. The zero-order valence-electron chi connectivity index (χ0n) is 16.2. The summed E-state index contributed by atoms with van der Waals surface area (Å²) in [4.78, 5) is 4.56. The van der Waals surface area contributed by atoms with Crippen molar-refractivity contribution in [1.82, 2.24) is 4.98 Å². The number of pyridine rings is 1. The van der Waals surface area contributed by atoms with Gasteiger partial charge in [0.05, 0.1) is 5.69 Å². The number of aromatic nitrogens is 1. The van der Waals surface area contributed by atoms with Gasteiger partial charge in [0.25, 0.3) is 6.71 Å². The van der Waals surface area contributed by atoms with Crippen LogP contribution in [0.3, 0.4) is 0 Å². The third-order valence-corrected chi connectivity index (χ3v) is 6.39. The minimum absolute atomic E-state index is 0.155. The Balaban J connectivity index is 1.57. The summed E-state index contributed by atoms with van der Waals surface area (Å²) in [5, 5.41) is 2.64. The van der Waals surface area contributed by atoms with E-state index >= 15 is 0 Å². The molecular weight excluding hydrogens is 365 g/mol. The van der Waals surface area contributed by atoms with Crippen LogP contribution in [0.4, 0.5) is 0 Å². The summed E-state index contributed by atoms with van der Waals surface area (Å²) < 4.78 is 6.41. The molecule has 2 aliphatic heterocycles. The third-order valence-electron chi connectivity index (χ3n) is 6.39. The molecule has 0 atom stereocenters. The van der Waals surface area contributed by atoms with Crippen molar-refractivity contribution in [3.05, 3.63) is 97.2 Å². The highest BCUT2D eigenvalue weighted by Gasteiger charge is 2.38. The standard InChI is InChI=1S/C27H16BNO/c1-2-15-29-23(11-1)18-13-14-24-22(16-18)28-21-10-4-7-17-6-3-8-19(26(17)21)20-9-5-12-25(30-24)27(20)28/h1-16H. The van der Waals surface area contributed by atoms with Crippen LogP contribution in [0.2, 0.25) is 0 Å². The number of benzene rings is 4. The van der Waals surface area contributed by atoms with Crippen molar-refractivity contribution >= 4 is 33.9 Å². The van der Waals surface area contributed by atoms with Crippen LogP contribution in [0.15, 0.2) is 97.2 Å². The van der Waals surface area contributed by atoms with Crippen molar-refractivity contribution in [3.8, 4) is 33.9 Å². The Morgan fingerprint density at radius 2 is 1.53 bits per heavy atom. The lowest BCUT2D eigenvalue weighted by Crippen LogP contribution is -2.57. The van der Waals surface area contributed by atoms with Gasteiger partial charge in [-0.05, 0) is 68.7 Å². The highest BCUT2D eigenvalue weighted by molar-refractivity contribution is 7.00. The summed E-state index contributed by atoms with van der Waals surface area (Å²) in [6.07, 6.45) is 1.84. The number of rotatable bonds is 1. The first kappa shape index (κ1) is 16.0. The van der Waals surface area contributed by atoms with E-state index in [0.717, 1.165) is 22.8 Å². The summed E-state index contributed by atoms with van der Waals surface area (Å²) in [6.45, 7) is 0.155. The monoisotopic (exact) mass is 381 g/mol. The van der Waals surface area contributed by atoms with Crippen LogP contribution in [0, 0.1) is 0 Å². The van der Waals surface area contributed by atoms with Crippen LogP contribution in [0.25, 0.3) is 33.2 Å². The van der Waals surface area contributed by atoms with Crippen LogP contribution in [0.1, 0.15) is 0 Å². The molecule has 2 nitrogen and oxygen atoms in total. The van der Waals surface area contributed by atoms with E-state index in [1.54, 1.807) is 0 Å². The molecule has 0 radical (unpaired) electrons. The Morgan fingerprint density at radius 1 is 0.667 bits per heavy atom. The molecule has 5 aromatic rings. The maximum Gasteiger partial charge on any atom is 0.252 e. The van der Waals surface area contributed by atoms with Gasteiger partial charge in [0.2, 0.25) is 0 Å². The Morgan fingerprint density at radius 3 is 2.43 bits per heavy atom. The van der Waals surface area contributed by atoms with Gasteiger partial charge in [-0.15, -0.1) is 0 Å². The molecule has 138 valence electrons. The first-order chi connectivity index (χ1) is 14.9. The lowest BCUT2D eigenvalue weighted by Gasteiger charge is -2.33. The van der Waals surface area contributed by atoms with Gasteiger partial charge in [-0.3, -0.25) is 4.98 Å². The fraction of sp³-hybridized carbons (Fsp3) is 0. The lowest BCUT2D eigenvalue weighted by atomic mass is 9.33. The molecule has 0 saturated heterocycles. The van der Waals surface area contributed by atoms with E-state index in [2.05, 4.69) is 83.8 Å². The molecule has 3 heterocycles. The van der Waals surface area contributed by atoms with Gasteiger partial charge in [0.15, 0.2) is 0 Å². The SMILES string of the molecule is c1ccc(-c2ccc3c(c2)B2c4c(cccc4-c4cccc5cccc2c45)O3)nc1. The van der Waals surface area contributed by atoms with Gasteiger partial charge in [0.1, 0.15) is 11.5 Å². The van der Waals surface area contributed by atoms with E-state index in [9.17, 15) is 0 Å². The zero-order chi connectivity index (χ0) is 19.7. The van der Waals surface area contributed by atoms with Gasteiger partial charge in [-0.25, -0.2) is 0 Å². The molecule has 0 unspecified atom stereocenters. The summed E-state index contributed by atoms with van der Waals surface area (Å²) in [5.74, 6) is 1.89. The average Bonchev–Trinajstić information content (AvgIpc) is 2.81. The second-order valence-corrected chi connectivity index (χ2v) is 7.97. The zero-order valence-corrected chi connectivity index (χ0v) is 16.2. The molecule has 0 spiro atoms. The average molecular weight is 381 g/mol. The van der Waals surface area contributed by atoms with E-state index in [0.29, 0.717) is 0 Å².